The van der Waals surface area contributed by atoms with Gasteiger partial charge in [0.15, 0.2) is 11.5 Å². The van der Waals surface area contributed by atoms with Crippen LogP contribution in [0.5, 0.6) is 11.5 Å². The van der Waals surface area contributed by atoms with Gasteiger partial charge in [0.2, 0.25) is 6.79 Å². The highest BCUT2D eigenvalue weighted by Gasteiger charge is 2.28. The number of carbonyl (C=O) groups excluding carboxylic acids is 3. The molecular formula is C31H39N3O7S2. The van der Waals surface area contributed by atoms with E-state index in [4.69, 9.17) is 18.9 Å². The average molecular weight is 630 g/mol. The minimum absolute atomic E-state index is 0.0424. The lowest BCUT2D eigenvalue weighted by molar-refractivity contribution is -0.143. The second-order valence-electron chi connectivity index (χ2n) is 10.1. The van der Waals surface area contributed by atoms with E-state index in [1.807, 2.05) is 35.0 Å². The highest BCUT2D eigenvalue weighted by atomic mass is 32.1. The molecule has 0 radical (unpaired) electrons. The van der Waals surface area contributed by atoms with Crippen molar-refractivity contribution in [1.29, 1.82) is 0 Å². The number of amides is 3. The topological polar surface area (TPSA) is 107 Å². The van der Waals surface area contributed by atoms with Crippen molar-refractivity contribution < 1.29 is 33.3 Å². The van der Waals surface area contributed by atoms with Gasteiger partial charge in [-0.05, 0) is 53.9 Å². The maximum atomic E-state index is 13.6. The smallest absolute Gasteiger partial charge is 0.410 e. The number of nitrogens with one attached hydrogen (secondary N) is 1. The SMILES string of the molecule is CCCC[C@@H](COC(=O)N(Cc1cccs1)Cc1cccs1)N(C)C(=O)NC(CC(=O)OCC)c1ccc2c(c1)OCO2. The van der Waals surface area contributed by atoms with Crippen LogP contribution in [0, 0.1) is 0 Å². The third kappa shape index (κ3) is 9.36. The average Bonchev–Trinajstić information content (AvgIpc) is 3.79. The molecule has 1 unspecified atom stereocenters. The number of likely N-dealkylation sites (N-methyl/N-ethyl adjacent to an activating group) is 1. The van der Waals surface area contributed by atoms with Crippen molar-refractivity contribution in [2.24, 2.45) is 0 Å². The molecule has 0 saturated heterocycles. The number of esters is 1. The third-order valence-electron chi connectivity index (χ3n) is 7.04. The number of thiophene rings is 2. The minimum atomic E-state index is -0.662. The fourth-order valence-electron chi connectivity index (χ4n) is 4.64. The first-order valence-electron chi connectivity index (χ1n) is 14.4. The Morgan fingerprint density at radius 1 is 0.977 bits per heavy atom. The molecule has 1 aliphatic rings. The van der Waals surface area contributed by atoms with E-state index in [1.54, 1.807) is 64.6 Å². The molecule has 2 aromatic heterocycles. The summed E-state index contributed by atoms with van der Waals surface area (Å²) in [4.78, 5) is 44.7. The summed E-state index contributed by atoms with van der Waals surface area (Å²) in [6, 6.07) is 11.8. The van der Waals surface area contributed by atoms with Crippen LogP contribution in [0.3, 0.4) is 0 Å². The van der Waals surface area contributed by atoms with Crippen molar-refractivity contribution >= 4 is 40.8 Å². The molecule has 1 aliphatic heterocycles. The van der Waals surface area contributed by atoms with Gasteiger partial charge in [0.05, 0.1) is 38.2 Å². The van der Waals surface area contributed by atoms with Gasteiger partial charge in [-0.1, -0.05) is 38.0 Å². The monoisotopic (exact) mass is 629 g/mol. The van der Waals surface area contributed by atoms with Crippen molar-refractivity contribution in [3.8, 4) is 11.5 Å². The summed E-state index contributed by atoms with van der Waals surface area (Å²) in [5.41, 5.74) is 0.688. The first-order chi connectivity index (χ1) is 20.9. The summed E-state index contributed by atoms with van der Waals surface area (Å²) in [5, 5.41) is 6.95. The second kappa shape index (κ2) is 16.2. The van der Waals surface area contributed by atoms with Gasteiger partial charge in [-0.25, -0.2) is 9.59 Å². The summed E-state index contributed by atoms with van der Waals surface area (Å²) in [5.74, 6) is 0.730. The number of benzene rings is 1. The van der Waals surface area contributed by atoms with Crippen LogP contribution in [0.1, 0.15) is 60.9 Å². The maximum Gasteiger partial charge on any atom is 0.410 e. The predicted octanol–water partition coefficient (Wildman–Crippen LogP) is 6.57. The van der Waals surface area contributed by atoms with Crippen LogP contribution in [0.4, 0.5) is 9.59 Å². The molecule has 3 aromatic rings. The van der Waals surface area contributed by atoms with E-state index >= 15 is 0 Å². The molecule has 12 heteroatoms. The van der Waals surface area contributed by atoms with Crippen LogP contribution in [-0.4, -0.2) is 61.0 Å². The van der Waals surface area contributed by atoms with Crippen molar-refractivity contribution in [2.75, 3.05) is 27.1 Å². The normalized spacial score (nSPS) is 13.2. The minimum Gasteiger partial charge on any atom is -0.466 e. The highest BCUT2D eigenvalue weighted by Crippen LogP contribution is 2.35. The summed E-state index contributed by atoms with van der Waals surface area (Å²) in [6.45, 7) is 5.09. The number of urea groups is 1. The number of hydrogen-bond donors (Lipinski definition) is 1. The Morgan fingerprint density at radius 3 is 2.30 bits per heavy atom. The lowest BCUT2D eigenvalue weighted by Gasteiger charge is -2.31. The van der Waals surface area contributed by atoms with Crippen molar-refractivity contribution in [1.82, 2.24) is 15.1 Å². The molecule has 10 nitrogen and oxygen atoms in total. The zero-order valence-electron chi connectivity index (χ0n) is 24.8. The number of ether oxygens (including phenoxy) is 4. The van der Waals surface area contributed by atoms with E-state index in [9.17, 15) is 14.4 Å². The van der Waals surface area contributed by atoms with Crippen LogP contribution >= 0.6 is 22.7 Å². The van der Waals surface area contributed by atoms with Gasteiger partial charge < -0.3 is 29.2 Å². The number of hydrogen-bond acceptors (Lipinski definition) is 9. The first kappa shape index (κ1) is 32.2. The van der Waals surface area contributed by atoms with Gasteiger partial charge in [-0.2, -0.15) is 0 Å². The van der Waals surface area contributed by atoms with E-state index in [0.717, 1.165) is 22.6 Å². The molecule has 3 heterocycles. The first-order valence-corrected chi connectivity index (χ1v) is 16.2. The Balaban J connectivity index is 1.44. The van der Waals surface area contributed by atoms with Crippen molar-refractivity contribution in [3.63, 3.8) is 0 Å². The molecule has 43 heavy (non-hydrogen) atoms. The number of unbranched alkanes of at least 4 members (excludes halogenated alkanes) is 1. The quantitative estimate of drug-likeness (QED) is 0.190. The van der Waals surface area contributed by atoms with E-state index in [-0.39, 0.29) is 32.5 Å². The number of nitrogens with zero attached hydrogens (tertiary/aromatic N) is 2. The van der Waals surface area contributed by atoms with Crippen molar-refractivity contribution in [2.45, 2.75) is 64.7 Å². The van der Waals surface area contributed by atoms with Gasteiger partial charge in [0.1, 0.15) is 6.61 Å². The fourth-order valence-corrected chi connectivity index (χ4v) is 6.08. The maximum absolute atomic E-state index is 13.6. The zero-order chi connectivity index (χ0) is 30.6. The lowest BCUT2D eigenvalue weighted by atomic mass is 10.0. The van der Waals surface area contributed by atoms with Crippen LogP contribution in [0.25, 0.3) is 0 Å². The molecule has 3 amide bonds. The zero-order valence-corrected chi connectivity index (χ0v) is 26.4. The van der Waals surface area contributed by atoms with Gasteiger partial charge in [0.25, 0.3) is 0 Å². The molecule has 1 aromatic carbocycles. The molecule has 0 spiro atoms. The summed E-state index contributed by atoms with van der Waals surface area (Å²) in [6.07, 6.45) is 1.93. The van der Waals surface area contributed by atoms with Crippen LogP contribution in [0.15, 0.2) is 53.2 Å². The Kier molecular flexibility index (Phi) is 12.1. The van der Waals surface area contributed by atoms with E-state index < -0.39 is 24.1 Å². The Bertz CT molecular complexity index is 1280. The molecule has 0 fully saturated rings. The molecular weight excluding hydrogens is 590 g/mol. The van der Waals surface area contributed by atoms with E-state index in [0.29, 0.717) is 36.6 Å². The highest BCUT2D eigenvalue weighted by molar-refractivity contribution is 7.10. The van der Waals surface area contributed by atoms with Crippen molar-refractivity contribution in [3.05, 3.63) is 68.5 Å². The predicted molar refractivity (Wildman–Crippen MR) is 165 cm³/mol. The van der Waals surface area contributed by atoms with Gasteiger partial charge in [-0.3, -0.25) is 9.69 Å². The van der Waals surface area contributed by atoms with Gasteiger partial charge in [0, 0.05) is 16.8 Å². The Morgan fingerprint density at radius 2 is 1.67 bits per heavy atom. The molecule has 4 rings (SSSR count). The fraction of sp³-hybridized carbons (Fsp3) is 0.452. The summed E-state index contributed by atoms with van der Waals surface area (Å²) < 4.78 is 21.9. The number of rotatable bonds is 15. The standard InChI is InChI=1S/C31H39N3O7S2/c1-4-6-9-23(20-39-31(37)34(18-24-10-7-14-42-24)19-25-11-8-15-43-25)33(3)30(36)32-26(17-29(35)38-5-2)22-12-13-27-28(16-22)41-21-40-27/h7-8,10-16,23,26H,4-6,9,17-21H2,1-3H3,(H,32,36)/t23-,26?/m0/s1. The second-order valence-corrected chi connectivity index (χ2v) is 12.2. The molecule has 232 valence electrons. The number of carbonyl (C=O) groups is 3. The van der Waals surface area contributed by atoms with Crippen LogP contribution in [0.2, 0.25) is 0 Å². The summed E-state index contributed by atoms with van der Waals surface area (Å²) in [7, 11) is 1.68. The molecule has 0 saturated carbocycles. The van der Waals surface area contributed by atoms with E-state index in [2.05, 4.69) is 12.2 Å². The van der Waals surface area contributed by atoms with Gasteiger partial charge >= 0.3 is 18.1 Å². The third-order valence-corrected chi connectivity index (χ3v) is 8.77. The van der Waals surface area contributed by atoms with Crippen LogP contribution in [-0.2, 0) is 27.4 Å². The largest absolute Gasteiger partial charge is 0.466 e. The Hall–Kier alpha value is -3.77. The van der Waals surface area contributed by atoms with Gasteiger partial charge in [-0.15, -0.1) is 22.7 Å². The number of fused-ring (bicyclic) bond motifs is 1. The Labute approximate surface area is 260 Å². The summed E-state index contributed by atoms with van der Waals surface area (Å²) >= 11 is 3.18. The van der Waals surface area contributed by atoms with E-state index in [1.165, 1.54) is 0 Å². The molecule has 0 bridgehead atoms. The van der Waals surface area contributed by atoms with Crippen LogP contribution < -0.4 is 14.8 Å². The molecule has 2 atom stereocenters. The lowest BCUT2D eigenvalue weighted by Crippen LogP contribution is -2.47. The molecule has 0 aliphatic carbocycles. The molecule has 1 N–H and O–H groups in total.